The third kappa shape index (κ3) is 5.09. The first kappa shape index (κ1) is 16.4. The van der Waals surface area contributed by atoms with Crippen LogP contribution in [0.2, 0.25) is 5.02 Å². The van der Waals surface area contributed by atoms with Crippen LogP contribution in [0.15, 0.2) is 48.5 Å². The summed E-state index contributed by atoms with van der Waals surface area (Å²) in [6.45, 7) is 2.72. The Hall–Kier alpha value is -1.98. The number of hydrogen-bond donors (Lipinski definition) is 0. The molecule has 0 heterocycles. The minimum Gasteiger partial charge on any atom is -0.494 e. The normalized spacial score (nSPS) is 11.7. The molecule has 0 amide bonds. The summed E-state index contributed by atoms with van der Waals surface area (Å²) >= 11 is 5.83. The fourth-order valence-corrected chi connectivity index (χ4v) is 2.40. The van der Waals surface area contributed by atoms with Gasteiger partial charge in [-0.15, -0.1) is 0 Å². The maximum atomic E-state index is 9.32. The number of aryl methyl sites for hydroxylation is 1. The minimum absolute atomic E-state index is 0.0314. The minimum atomic E-state index is -0.0314. The second-order valence-electron chi connectivity index (χ2n) is 5.39. The van der Waals surface area contributed by atoms with Crippen LogP contribution in [0.25, 0.3) is 0 Å². The molecule has 0 N–H and O–H groups in total. The summed E-state index contributed by atoms with van der Waals surface area (Å²) in [5.41, 5.74) is 2.32. The molecule has 2 nitrogen and oxygen atoms in total. The molecule has 0 bridgehead atoms. The van der Waals surface area contributed by atoms with Gasteiger partial charge in [-0.3, -0.25) is 0 Å². The standard InChI is InChI=1S/C19H20ClNO/c1-15-5-7-16(8-6-15)17(14-21)4-2-3-13-22-19-11-9-18(20)10-12-19/h5-12,17H,2-4,13H2,1H3. The van der Waals surface area contributed by atoms with Crippen molar-refractivity contribution in [1.82, 2.24) is 0 Å². The van der Waals surface area contributed by atoms with Gasteiger partial charge in [0.2, 0.25) is 0 Å². The Morgan fingerprint density at radius 2 is 1.73 bits per heavy atom. The predicted molar refractivity (Wildman–Crippen MR) is 90.3 cm³/mol. The quantitative estimate of drug-likeness (QED) is 0.632. The predicted octanol–water partition coefficient (Wildman–Crippen LogP) is 5.50. The van der Waals surface area contributed by atoms with Crippen LogP contribution in [0.4, 0.5) is 0 Å². The van der Waals surface area contributed by atoms with Gasteiger partial charge >= 0.3 is 0 Å². The third-order valence-corrected chi connectivity index (χ3v) is 3.86. The molecule has 2 rings (SSSR count). The molecule has 3 heteroatoms. The summed E-state index contributed by atoms with van der Waals surface area (Å²) in [7, 11) is 0. The summed E-state index contributed by atoms with van der Waals surface area (Å²) in [6, 6.07) is 18.0. The monoisotopic (exact) mass is 313 g/mol. The van der Waals surface area contributed by atoms with Gasteiger partial charge in [-0.05, 0) is 56.0 Å². The van der Waals surface area contributed by atoms with E-state index in [1.54, 1.807) is 0 Å². The van der Waals surface area contributed by atoms with E-state index in [1.807, 2.05) is 36.4 Å². The van der Waals surface area contributed by atoms with Crippen molar-refractivity contribution < 1.29 is 4.74 Å². The van der Waals surface area contributed by atoms with E-state index in [-0.39, 0.29) is 5.92 Å². The highest BCUT2D eigenvalue weighted by Gasteiger charge is 2.09. The molecule has 0 saturated heterocycles. The van der Waals surface area contributed by atoms with Crippen LogP contribution in [0.5, 0.6) is 5.75 Å². The lowest BCUT2D eigenvalue weighted by atomic mass is 9.94. The molecule has 0 aliphatic heterocycles. The van der Waals surface area contributed by atoms with Gasteiger partial charge in [0.05, 0.1) is 18.6 Å². The van der Waals surface area contributed by atoms with Crippen molar-refractivity contribution in [3.05, 3.63) is 64.7 Å². The summed E-state index contributed by atoms with van der Waals surface area (Å²) in [4.78, 5) is 0. The number of unbranched alkanes of at least 4 members (excludes halogenated alkanes) is 1. The molecule has 0 aliphatic rings. The maximum absolute atomic E-state index is 9.32. The first-order chi connectivity index (χ1) is 10.7. The number of rotatable bonds is 7. The number of nitriles is 1. The van der Waals surface area contributed by atoms with Gasteiger partial charge in [0.15, 0.2) is 0 Å². The Kier molecular flexibility index (Phi) is 6.30. The van der Waals surface area contributed by atoms with E-state index in [0.29, 0.717) is 11.6 Å². The molecule has 0 fully saturated rings. The van der Waals surface area contributed by atoms with E-state index in [9.17, 15) is 5.26 Å². The average molecular weight is 314 g/mol. The Morgan fingerprint density at radius 1 is 1.05 bits per heavy atom. The second kappa shape index (κ2) is 8.46. The zero-order chi connectivity index (χ0) is 15.8. The highest BCUT2D eigenvalue weighted by Crippen LogP contribution is 2.22. The van der Waals surface area contributed by atoms with Crippen LogP contribution in [-0.4, -0.2) is 6.61 Å². The molecule has 0 radical (unpaired) electrons. The van der Waals surface area contributed by atoms with Crippen molar-refractivity contribution in [3.63, 3.8) is 0 Å². The number of halogens is 1. The molecule has 22 heavy (non-hydrogen) atoms. The smallest absolute Gasteiger partial charge is 0.119 e. The van der Waals surface area contributed by atoms with Crippen molar-refractivity contribution in [2.24, 2.45) is 0 Å². The molecule has 114 valence electrons. The molecule has 2 aromatic carbocycles. The number of benzene rings is 2. The zero-order valence-corrected chi connectivity index (χ0v) is 13.5. The van der Waals surface area contributed by atoms with Crippen LogP contribution in [-0.2, 0) is 0 Å². The largest absolute Gasteiger partial charge is 0.494 e. The van der Waals surface area contributed by atoms with Gasteiger partial charge in [0, 0.05) is 5.02 Å². The average Bonchev–Trinajstić information content (AvgIpc) is 2.54. The van der Waals surface area contributed by atoms with Gasteiger partial charge < -0.3 is 4.74 Å². The van der Waals surface area contributed by atoms with E-state index in [4.69, 9.17) is 16.3 Å². The summed E-state index contributed by atoms with van der Waals surface area (Å²) < 4.78 is 5.66. The molecule has 0 saturated carbocycles. The summed E-state index contributed by atoms with van der Waals surface area (Å²) in [5, 5.41) is 10.0. The highest BCUT2D eigenvalue weighted by molar-refractivity contribution is 6.30. The van der Waals surface area contributed by atoms with Crippen LogP contribution >= 0.6 is 11.6 Å². The van der Waals surface area contributed by atoms with Crippen LogP contribution in [0.1, 0.15) is 36.3 Å². The van der Waals surface area contributed by atoms with Crippen molar-refractivity contribution >= 4 is 11.6 Å². The Labute approximate surface area is 137 Å². The van der Waals surface area contributed by atoms with E-state index >= 15 is 0 Å². The van der Waals surface area contributed by atoms with Gasteiger partial charge in [0.1, 0.15) is 5.75 Å². The SMILES string of the molecule is Cc1ccc(C(C#N)CCCCOc2ccc(Cl)cc2)cc1. The number of hydrogen-bond acceptors (Lipinski definition) is 2. The Balaban J connectivity index is 1.72. The second-order valence-corrected chi connectivity index (χ2v) is 5.83. The fraction of sp³-hybridized carbons (Fsp3) is 0.316. The van der Waals surface area contributed by atoms with Crippen LogP contribution in [0.3, 0.4) is 0 Å². The van der Waals surface area contributed by atoms with E-state index in [0.717, 1.165) is 30.6 Å². The van der Waals surface area contributed by atoms with Crippen molar-refractivity contribution in [3.8, 4) is 11.8 Å². The number of nitrogens with zero attached hydrogens (tertiary/aromatic N) is 1. The van der Waals surface area contributed by atoms with Crippen LogP contribution < -0.4 is 4.74 Å². The molecule has 0 aliphatic carbocycles. The highest BCUT2D eigenvalue weighted by atomic mass is 35.5. The Bertz CT molecular complexity index is 613. The first-order valence-corrected chi connectivity index (χ1v) is 7.91. The molecule has 2 aromatic rings. The Morgan fingerprint density at radius 3 is 2.36 bits per heavy atom. The van der Waals surface area contributed by atoms with Crippen molar-refractivity contribution in [1.29, 1.82) is 5.26 Å². The van der Waals surface area contributed by atoms with Crippen molar-refractivity contribution in [2.75, 3.05) is 6.61 Å². The van der Waals surface area contributed by atoms with Crippen LogP contribution in [0, 0.1) is 18.3 Å². The lowest BCUT2D eigenvalue weighted by Gasteiger charge is -2.10. The molecule has 1 unspecified atom stereocenters. The fourth-order valence-electron chi connectivity index (χ4n) is 2.28. The first-order valence-electron chi connectivity index (χ1n) is 7.53. The molecule has 1 atom stereocenters. The van der Waals surface area contributed by atoms with E-state index in [2.05, 4.69) is 25.1 Å². The number of ether oxygens (including phenoxy) is 1. The topological polar surface area (TPSA) is 33.0 Å². The van der Waals surface area contributed by atoms with Crippen molar-refractivity contribution in [2.45, 2.75) is 32.1 Å². The van der Waals surface area contributed by atoms with Gasteiger partial charge in [-0.2, -0.15) is 5.26 Å². The van der Waals surface area contributed by atoms with E-state index < -0.39 is 0 Å². The van der Waals surface area contributed by atoms with Gasteiger partial charge in [-0.25, -0.2) is 0 Å². The summed E-state index contributed by atoms with van der Waals surface area (Å²) in [5.74, 6) is 0.802. The lowest BCUT2D eigenvalue weighted by molar-refractivity contribution is 0.304. The third-order valence-electron chi connectivity index (χ3n) is 3.61. The van der Waals surface area contributed by atoms with E-state index in [1.165, 1.54) is 5.56 Å². The molecular weight excluding hydrogens is 294 g/mol. The van der Waals surface area contributed by atoms with Gasteiger partial charge in [0.25, 0.3) is 0 Å². The molecule has 0 aromatic heterocycles. The zero-order valence-electron chi connectivity index (χ0n) is 12.8. The van der Waals surface area contributed by atoms with Gasteiger partial charge in [-0.1, -0.05) is 41.4 Å². The summed E-state index contributed by atoms with van der Waals surface area (Å²) in [6.07, 6.45) is 2.77. The maximum Gasteiger partial charge on any atom is 0.119 e. The lowest BCUT2D eigenvalue weighted by Crippen LogP contribution is -2.00. The molecular formula is C19H20ClNO. The molecule has 0 spiro atoms.